The Balaban J connectivity index is 2.02. The average Bonchev–Trinajstić information content (AvgIpc) is 2.89. The molecule has 7 heteroatoms. The van der Waals surface area contributed by atoms with Crippen molar-refractivity contribution < 1.29 is 13.5 Å². The minimum Gasteiger partial charge on any atom is -0.396 e. The molecule has 4 nitrogen and oxygen atoms in total. The van der Waals surface area contributed by atoms with Crippen LogP contribution in [0.1, 0.15) is 0 Å². The zero-order chi connectivity index (χ0) is 16.3. The first-order valence-electron chi connectivity index (χ1n) is 7.12. The minimum atomic E-state index is -1.12. The van der Waals surface area contributed by atoms with Crippen molar-refractivity contribution in [2.75, 3.05) is 12.3 Å². The third-order valence-electron chi connectivity index (χ3n) is 3.28. The number of benzene rings is 1. The molecule has 0 saturated carbocycles. The summed E-state index contributed by atoms with van der Waals surface area (Å²) in [6.07, 6.45) is 3.11. The van der Waals surface area contributed by atoms with Crippen LogP contribution in [0.5, 0.6) is 0 Å². The second-order valence-electron chi connectivity index (χ2n) is 6.45. The third-order valence-corrected chi connectivity index (χ3v) is 4.98. The number of aromatic nitrogens is 2. The fourth-order valence-electron chi connectivity index (χ4n) is 1.90. The second-order valence-corrected chi connectivity index (χ2v) is 12.1. The van der Waals surface area contributed by atoms with E-state index in [0.29, 0.717) is 18.9 Å². The molecule has 1 heterocycles. The molecule has 0 spiro atoms. The first-order valence-corrected chi connectivity index (χ1v) is 10.8. The lowest BCUT2D eigenvalue weighted by atomic mass is 10.1. The number of anilines is 1. The summed E-state index contributed by atoms with van der Waals surface area (Å²) in [4.78, 5) is 0. The Morgan fingerprint density at radius 2 is 1.95 bits per heavy atom. The van der Waals surface area contributed by atoms with E-state index in [9.17, 15) is 8.78 Å². The Morgan fingerprint density at radius 1 is 1.23 bits per heavy atom. The molecule has 0 aliphatic rings. The Bertz CT molecular complexity index is 653. The molecule has 0 atom stereocenters. The predicted molar refractivity (Wildman–Crippen MR) is 86.1 cm³/mol. The van der Waals surface area contributed by atoms with Gasteiger partial charge in [0.1, 0.15) is 6.73 Å². The molecule has 0 aliphatic heterocycles. The smallest absolute Gasteiger partial charge is 0.182 e. The van der Waals surface area contributed by atoms with E-state index in [-0.39, 0.29) is 11.3 Å². The van der Waals surface area contributed by atoms with Crippen LogP contribution in [0, 0.1) is 11.6 Å². The van der Waals surface area contributed by atoms with Gasteiger partial charge in [0.2, 0.25) is 0 Å². The van der Waals surface area contributed by atoms with Gasteiger partial charge in [-0.05, 0) is 18.2 Å². The van der Waals surface area contributed by atoms with Crippen LogP contribution in [-0.2, 0) is 11.5 Å². The molecule has 22 heavy (non-hydrogen) atoms. The SMILES string of the molecule is C[Si](C)(C)CCOCn1cc(-c2ccc(N)c(F)c2F)cn1. The van der Waals surface area contributed by atoms with Crippen LogP contribution in [0.3, 0.4) is 0 Å². The fourth-order valence-corrected chi connectivity index (χ4v) is 2.65. The van der Waals surface area contributed by atoms with Gasteiger partial charge < -0.3 is 10.5 Å². The van der Waals surface area contributed by atoms with Crippen molar-refractivity contribution in [1.29, 1.82) is 0 Å². The maximum absolute atomic E-state index is 13.9. The van der Waals surface area contributed by atoms with Gasteiger partial charge in [-0.2, -0.15) is 5.10 Å². The first kappa shape index (κ1) is 16.6. The summed E-state index contributed by atoms with van der Waals surface area (Å²) in [6.45, 7) is 7.81. The molecule has 0 aliphatic carbocycles. The van der Waals surface area contributed by atoms with Crippen LogP contribution in [0.15, 0.2) is 24.5 Å². The van der Waals surface area contributed by atoms with Gasteiger partial charge >= 0.3 is 0 Å². The van der Waals surface area contributed by atoms with E-state index in [4.69, 9.17) is 10.5 Å². The molecule has 2 aromatic rings. The number of nitrogens with two attached hydrogens (primary N) is 1. The largest absolute Gasteiger partial charge is 0.396 e. The quantitative estimate of drug-likeness (QED) is 0.500. The zero-order valence-corrected chi connectivity index (χ0v) is 14.1. The van der Waals surface area contributed by atoms with E-state index >= 15 is 0 Å². The van der Waals surface area contributed by atoms with Crippen molar-refractivity contribution in [2.45, 2.75) is 32.4 Å². The number of nitrogen functional groups attached to an aromatic ring is 1. The topological polar surface area (TPSA) is 53.1 Å². The zero-order valence-electron chi connectivity index (χ0n) is 13.1. The molecule has 0 amide bonds. The summed E-state index contributed by atoms with van der Waals surface area (Å²) >= 11 is 0. The molecule has 1 aromatic carbocycles. The summed E-state index contributed by atoms with van der Waals surface area (Å²) in [5, 5.41) is 4.10. The van der Waals surface area contributed by atoms with Crippen LogP contribution < -0.4 is 5.73 Å². The fraction of sp³-hybridized carbons (Fsp3) is 0.400. The first-order chi connectivity index (χ1) is 10.3. The molecule has 0 bridgehead atoms. The van der Waals surface area contributed by atoms with Gasteiger partial charge in [0.25, 0.3) is 0 Å². The minimum absolute atomic E-state index is 0.139. The van der Waals surface area contributed by atoms with Crippen molar-refractivity contribution in [3.8, 4) is 11.1 Å². The van der Waals surface area contributed by atoms with Gasteiger partial charge in [-0.15, -0.1) is 0 Å². The van der Waals surface area contributed by atoms with Crippen molar-refractivity contribution in [1.82, 2.24) is 9.78 Å². The predicted octanol–water partition coefficient (Wildman–Crippen LogP) is 3.72. The maximum Gasteiger partial charge on any atom is 0.182 e. The molecule has 0 radical (unpaired) electrons. The molecular weight excluding hydrogens is 304 g/mol. The van der Waals surface area contributed by atoms with Gasteiger partial charge in [-0.3, -0.25) is 0 Å². The van der Waals surface area contributed by atoms with Gasteiger partial charge in [-0.25, -0.2) is 13.5 Å². The highest BCUT2D eigenvalue weighted by Gasteiger charge is 2.15. The number of ether oxygens (including phenoxy) is 1. The Morgan fingerprint density at radius 3 is 2.64 bits per heavy atom. The third kappa shape index (κ3) is 4.14. The van der Waals surface area contributed by atoms with E-state index in [1.165, 1.54) is 18.3 Å². The van der Waals surface area contributed by atoms with Crippen molar-refractivity contribution >= 4 is 13.8 Å². The Labute approximate surface area is 129 Å². The van der Waals surface area contributed by atoms with Crippen molar-refractivity contribution in [2.24, 2.45) is 0 Å². The molecule has 2 rings (SSSR count). The number of nitrogens with zero attached hydrogens (tertiary/aromatic N) is 2. The van der Waals surface area contributed by atoms with Gasteiger partial charge in [-0.1, -0.05) is 19.6 Å². The van der Waals surface area contributed by atoms with Crippen molar-refractivity contribution in [3.05, 3.63) is 36.2 Å². The summed E-state index contributed by atoms with van der Waals surface area (Å²) in [5.74, 6) is -1.99. The van der Waals surface area contributed by atoms with E-state index in [2.05, 4.69) is 24.7 Å². The molecule has 1 aromatic heterocycles. The van der Waals surface area contributed by atoms with E-state index < -0.39 is 19.7 Å². The lowest BCUT2D eigenvalue weighted by Crippen LogP contribution is -2.22. The normalized spacial score (nSPS) is 11.9. The van der Waals surface area contributed by atoms with Gasteiger partial charge in [0, 0.05) is 32.0 Å². The van der Waals surface area contributed by atoms with Crippen LogP contribution in [0.4, 0.5) is 14.5 Å². The Hall–Kier alpha value is -1.73. The monoisotopic (exact) mass is 325 g/mol. The average molecular weight is 325 g/mol. The van der Waals surface area contributed by atoms with E-state index in [1.807, 2.05) is 0 Å². The highest BCUT2D eigenvalue weighted by Crippen LogP contribution is 2.26. The summed E-state index contributed by atoms with van der Waals surface area (Å²) in [6, 6.07) is 3.86. The molecule has 120 valence electrons. The number of hydrogen-bond acceptors (Lipinski definition) is 3. The van der Waals surface area contributed by atoms with Gasteiger partial charge in [0.15, 0.2) is 11.6 Å². The van der Waals surface area contributed by atoms with E-state index in [1.54, 1.807) is 10.9 Å². The number of rotatable bonds is 6. The second kappa shape index (κ2) is 6.58. The van der Waals surface area contributed by atoms with Crippen molar-refractivity contribution in [3.63, 3.8) is 0 Å². The standard InChI is InChI=1S/C15H21F2N3OSi/c1-22(2,3)7-6-21-10-20-9-11(8-19-20)12-4-5-13(18)15(17)14(12)16/h4-5,8-9H,6-7,10,18H2,1-3H3. The van der Waals surface area contributed by atoms with Gasteiger partial charge in [0.05, 0.1) is 11.9 Å². The van der Waals surface area contributed by atoms with Crippen LogP contribution in [-0.4, -0.2) is 24.5 Å². The molecule has 0 fully saturated rings. The van der Waals surface area contributed by atoms with Crippen LogP contribution in [0.25, 0.3) is 11.1 Å². The molecular formula is C15H21F2N3OSi. The maximum atomic E-state index is 13.9. The highest BCUT2D eigenvalue weighted by molar-refractivity contribution is 6.76. The molecule has 2 N–H and O–H groups in total. The summed E-state index contributed by atoms with van der Waals surface area (Å²) in [5.41, 5.74) is 5.76. The summed E-state index contributed by atoms with van der Waals surface area (Å²) < 4.78 is 34.5. The lowest BCUT2D eigenvalue weighted by molar-refractivity contribution is 0.0786. The van der Waals surface area contributed by atoms with E-state index in [0.717, 1.165) is 6.04 Å². The summed E-state index contributed by atoms with van der Waals surface area (Å²) in [7, 11) is -1.12. The van der Waals surface area contributed by atoms with Crippen LogP contribution in [0.2, 0.25) is 25.7 Å². The Kier molecular flexibility index (Phi) is 4.97. The number of hydrogen-bond donors (Lipinski definition) is 1. The lowest BCUT2D eigenvalue weighted by Gasteiger charge is -2.15. The molecule has 0 saturated heterocycles. The number of halogens is 2. The highest BCUT2D eigenvalue weighted by atomic mass is 28.3. The molecule has 0 unspecified atom stereocenters. The van der Waals surface area contributed by atoms with Crippen LogP contribution >= 0.6 is 0 Å².